The highest BCUT2D eigenvalue weighted by atomic mass is 17.2. The van der Waals surface area contributed by atoms with Gasteiger partial charge in [-0.3, -0.25) is 4.79 Å². The van der Waals surface area contributed by atoms with Gasteiger partial charge < -0.3 is 11.5 Å². The Hall–Kier alpha value is -2.53. The molecule has 2 atom stereocenters. The number of hydrogen-bond donors (Lipinski definition) is 2. The molecule has 0 aromatic rings. The lowest BCUT2D eigenvalue weighted by Gasteiger charge is -2.09. The Bertz CT molecular complexity index is 460. The first-order valence-electron chi connectivity index (χ1n) is 6.00. The van der Waals surface area contributed by atoms with Crippen LogP contribution in [-0.4, -0.2) is 41.7 Å². The molecule has 0 saturated heterocycles. The van der Waals surface area contributed by atoms with Crippen molar-refractivity contribution in [3.05, 3.63) is 0 Å². The van der Waals surface area contributed by atoms with E-state index in [1.807, 2.05) is 0 Å². The van der Waals surface area contributed by atoms with Gasteiger partial charge in [0, 0.05) is 6.92 Å². The number of ketones is 1. The standard InChI is InChI=1S/C11H16N2O9/c1-5(12)9(16)20-19-8(15)4-3-7(13)11(18)22-21-10(17)6(2)14/h5,7H,3-4,12-13H2,1-2H3/t5?,7-/m1/s1. The summed E-state index contributed by atoms with van der Waals surface area (Å²) in [5.74, 6) is -5.44. The summed E-state index contributed by atoms with van der Waals surface area (Å²) in [6.07, 6.45) is -0.631. The molecule has 0 bridgehead atoms. The lowest BCUT2D eigenvalue weighted by molar-refractivity contribution is -0.261. The van der Waals surface area contributed by atoms with Crippen molar-refractivity contribution in [1.82, 2.24) is 0 Å². The van der Waals surface area contributed by atoms with E-state index in [2.05, 4.69) is 19.6 Å². The fraction of sp³-hybridized carbons (Fsp3) is 0.545. The Balaban J connectivity index is 4.01. The topological polar surface area (TPSA) is 174 Å². The highest BCUT2D eigenvalue weighted by Gasteiger charge is 2.22. The quantitative estimate of drug-likeness (QED) is 0.315. The van der Waals surface area contributed by atoms with Crippen LogP contribution in [0.5, 0.6) is 0 Å². The van der Waals surface area contributed by atoms with Crippen LogP contribution in [0.3, 0.4) is 0 Å². The minimum atomic E-state index is -1.37. The van der Waals surface area contributed by atoms with Crippen LogP contribution < -0.4 is 11.5 Å². The largest absolute Gasteiger partial charge is 0.421 e. The van der Waals surface area contributed by atoms with Crippen molar-refractivity contribution in [2.45, 2.75) is 38.8 Å². The Morgan fingerprint density at radius 2 is 1.45 bits per heavy atom. The average molecular weight is 320 g/mol. The highest BCUT2D eigenvalue weighted by molar-refractivity contribution is 6.32. The number of Topliss-reactive ketones (excluding diaryl/α,β-unsaturated/α-hetero) is 1. The minimum Gasteiger partial charge on any atom is -0.319 e. The molecule has 11 nitrogen and oxygen atoms in total. The summed E-state index contributed by atoms with van der Waals surface area (Å²) in [6, 6.07) is -2.29. The van der Waals surface area contributed by atoms with Gasteiger partial charge in [0.2, 0.25) is 5.78 Å². The van der Waals surface area contributed by atoms with Gasteiger partial charge in [-0.15, -0.1) is 0 Å². The zero-order valence-corrected chi connectivity index (χ0v) is 11.9. The molecule has 0 saturated carbocycles. The van der Waals surface area contributed by atoms with Crippen molar-refractivity contribution >= 4 is 29.7 Å². The molecule has 0 aliphatic carbocycles. The van der Waals surface area contributed by atoms with E-state index in [4.69, 9.17) is 11.5 Å². The maximum atomic E-state index is 11.2. The van der Waals surface area contributed by atoms with Crippen molar-refractivity contribution in [1.29, 1.82) is 0 Å². The number of carbonyl (C=O) groups is 5. The van der Waals surface area contributed by atoms with Gasteiger partial charge in [0.15, 0.2) is 0 Å². The van der Waals surface area contributed by atoms with Gasteiger partial charge in [0.05, 0.1) is 6.42 Å². The molecule has 0 heterocycles. The maximum absolute atomic E-state index is 11.2. The van der Waals surface area contributed by atoms with Gasteiger partial charge in [0.1, 0.15) is 12.1 Å². The van der Waals surface area contributed by atoms with E-state index in [0.717, 1.165) is 6.92 Å². The first-order valence-corrected chi connectivity index (χ1v) is 6.00. The van der Waals surface area contributed by atoms with Crippen molar-refractivity contribution < 1.29 is 43.5 Å². The van der Waals surface area contributed by atoms with E-state index in [-0.39, 0.29) is 12.8 Å². The van der Waals surface area contributed by atoms with Crippen molar-refractivity contribution in [3.8, 4) is 0 Å². The molecular formula is C11H16N2O9. The van der Waals surface area contributed by atoms with Gasteiger partial charge in [0.25, 0.3) is 0 Å². The molecule has 0 aromatic carbocycles. The zero-order valence-electron chi connectivity index (χ0n) is 11.9. The number of rotatable bonds is 6. The molecular weight excluding hydrogens is 304 g/mol. The Labute approximate surface area is 124 Å². The third kappa shape index (κ3) is 7.91. The van der Waals surface area contributed by atoms with Gasteiger partial charge in [-0.2, -0.15) is 0 Å². The van der Waals surface area contributed by atoms with Crippen molar-refractivity contribution in [2.24, 2.45) is 11.5 Å². The molecule has 0 amide bonds. The van der Waals surface area contributed by atoms with Crippen molar-refractivity contribution in [2.75, 3.05) is 0 Å². The molecule has 0 spiro atoms. The highest BCUT2D eigenvalue weighted by Crippen LogP contribution is 2.01. The molecule has 124 valence electrons. The van der Waals surface area contributed by atoms with Crippen LogP contribution in [0.2, 0.25) is 0 Å². The van der Waals surface area contributed by atoms with Crippen LogP contribution in [0.1, 0.15) is 26.7 Å². The molecule has 0 aliphatic rings. The fourth-order valence-electron chi connectivity index (χ4n) is 0.796. The second-order valence-corrected chi connectivity index (χ2v) is 4.12. The number of hydrogen-bond acceptors (Lipinski definition) is 11. The van der Waals surface area contributed by atoms with Gasteiger partial charge in [-0.1, -0.05) is 0 Å². The monoisotopic (exact) mass is 320 g/mol. The minimum absolute atomic E-state index is 0.245. The fourth-order valence-corrected chi connectivity index (χ4v) is 0.796. The number of nitrogens with two attached hydrogens (primary N) is 2. The normalized spacial score (nSPS) is 12.5. The first kappa shape index (κ1) is 19.5. The lowest BCUT2D eigenvalue weighted by atomic mass is 10.2. The zero-order chi connectivity index (χ0) is 17.3. The summed E-state index contributed by atoms with van der Waals surface area (Å²) in [4.78, 5) is 70.6. The molecule has 0 rings (SSSR count). The Kier molecular flexibility index (Phi) is 8.33. The average Bonchev–Trinajstić information content (AvgIpc) is 2.46. The summed E-state index contributed by atoms with van der Waals surface area (Å²) in [7, 11) is 0. The second kappa shape index (κ2) is 9.41. The van der Waals surface area contributed by atoms with Gasteiger partial charge in [-0.05, 0) is 13.3 Å². The Morgan fingerprint density at radius 3 is 1.95 bits per heavy atom. The predicted molar refractivity (Wildman–Crippen MR) is 65.9 cm³/mol. The predicted octanol–water partition coefficient (Wildman–Crippen LogP) is -1.97. The van der Waals surface area contributed by atoms with E-state index >= 15 is 0 Å². The summed E-state index contributed by atoms with van der Waals surface area (Å²) >= 11 is 0. The van der Waals surface area contributed by atoms with Crippen LogP contribution in [0.15, 0.2) is 0 Å². The third-order valence-corrected chi connectivity index (χ3v) is 2.04. The third-order valence-electron chi connectivity index (χ3n) is 2.04. The second-order valence-electron chi connectivity index (χ2n) is 4.12. The van der Waals surface area contributed by atoms with Crippen LogP contribution in [0, 0.1) is 0 Å². The van der Waals surface area contributed by atoms with E-state index in [9.17, 15) is 24.0 Å². The molecule has 4 N–H and O–H groups in total. The molecule has 0 aliphatic heterocycles. The smallest absolute Gasteiger partial charge is 0.319 e. The lowest BCUT2D eigenvalue weighted by Crippen LogP contribution is -2.34. The number of carbonyl (C=O) groups excluding carboxylic acids is 5. The molecule has 11 heteroatoms. The summed E-state index contributed by atoms with van der Waals surface area (Å²) < 4.78 is 0. The van der Waals surface area contributed by atoms with E-state index in [1.165, 1.54) is 6.92 Å². The molecule has 0 fully saturated rings. The molecule has 0 radical (unpaired) electrons. The summed E-state index contributed by atoms with van der Waals surface area (Å²) in [5.41, 5.74) is 10.5. The van der Waals surface area contributed by atoms with Crippen LogP contribution in [-0.2, 0) is 43.5 Å². The Morgan fingerprint density at radius 1 is 0.909 bits per heavy atom. The molecule has 1 unspecified atom stereocenters. The van der Waals surface area contributed by atoms with Crippen LogP contribution in [0.4, 0.5) is 0 Å². The molecule has 22 heavy (non-hydrogen) atoms. The molecule has 0 aromatic heterocycles. The van der Waals surface area contributed by atoms with Crippen molar-refractivity contribution in [3.63, 3.8) is 0 Å². The first-order chi connectivity index (χ1) is 10.1. The van der Waals surface area contributed by atoms with Crippen LogP contribution in [0.25, 0.3) is 0 Å². The summed E-state index contributed by atoms with van der Waals surface area (Å²) in [6.45, 7) is 2.24. The van der Waals surface area contributed by atoms with Crippen LogP contribution >= 0.6 is 0 Å². The SMILES string of the molecule is CC(=O)C(=O)OOC(=O)[C@H](N)CCC(=O)OOC(=O)C(C)N. The maximum Gasteiger partial charge on any atom is 0.421 e. The van der Waals surface area contributed by atoms with E-state index < -0.39 is 41.7 Å². The summed E-state index contributed by atoms with van der Waals surface area (Å²) in [5, 5.41) is 0. The van der Waals surface area contributed by atoms with Gasteiger partial charge >= 0.3 is 23.9 Å². The van der Waals surface area contributed by atoms with Gasteiger partial charge in [-0.25, -0.2) is 38.7 Å². The van der Waals surface area contributed by atoms with E-state index in [0.29, 0.717) is 0 Å². The van der Waals surface area contributed by atoms with E-state index in [1.54, 1.807) is 0 Å².